The smallest absolute Gasteiger partial charge is 0.408 e. The third-order valence-electron chi connectivity index (χ3n) is 5.69. The zero-order valence-corrected chi connectivity index (χ0v) is 16.4. The van der Waals surface area contributed by atoms with Crippen LogP contribution in [0.25, 0.3) is 44.2 Å². The van der Waals surface area contributed by atoms with E-state index in [9.17, 15) is 4.79 Å². The predicted molar refractivity (Wildman–Crippen MR) is 118 cm³/mol. The van der Waals surface area contributed by atoms with E-state index in [4.69, 9.17) is 14.4 Å². The lowest BCUT2D eigenvalue weighted by Gasteiger charge is -2.09. The molecule has 6 rings (SSSR count). The molecule has 0 unspecified atom stereocenters. The van der Waals surface area contributed by atoms with Gasteiger partial charge in [0.05, 0.1) is 22.1 Å². The average molecular weight is 394 g/mol. The van der Waals surface area contributed by atoms with Gasteiger partial charge < -0.3 is 8.98 Å². The number of hydrogen-bond donors (Lipinski definition) is 0. The number of para-hydroxylation sites is 5. The SMILES string of the molecule is Cc1cccc2c3nc4ccccc4nc3n(CCn3c(=O)oc4ccccc43)c12. The van der Waals surface area contributed by atoms with Gasteiger partial charge in [0, 0.05) is 18.5 Å². The molecule has 0 N–H and O–H groups in total. The first-order chi connectivity index (χ1) is 14.7. The fourth-order valence-electron chi connectivity index (χ4n) is 4.32. The Morgan fingerprint density at radius 1 is 0.833 bits per heavy atom. The fraction of sp³-hybridized carbons (Fsp3) is 0.125. The molecule has 0 aliphatic carbocycles. The van der Waals surface area contributed by atoms with E-state index in [1.807, 2.05) is 54.6 Å². The standard InChI is InChI=1S/C24H18N4O2/c1-15-7-6-8-16-21-23(26-18-10-3-2-9-17(18)25-21)28(22(15)16)14-13-27-19-11-4-5-12-20(19)30-24(27)29/h2-12H,13-14H2,1H3. The van der Waals surface area contributed by atoms with Gasteiger partial charge in [0.1, 0.15) is 5.52 Å². The number of rotatable bonds is 3. The highest BCUT2D eigenvalue weighted by Gasteiger charge is 2.17. The Morgan fingerprint density at radius 2 is 1.57 bits per heavy atom. The van der Waals surface area contributed by atoms with Crippen LogP contribution in [0.5, 0.6) is 0 Å². The van der Waals surface area contributed by atoms with Crippen LogP contribution in [0, 0.1) is 6.92 Å². The molecule has 6 aromatic rings. The molecule has 30 heavy (non-hydrogen) atoms. The first kappa shape index (κ1) is 17.0. The third-order valence-corrected chi connectivity index (χ3v) is 5.69. The first-order valence-corrected chi connectivity index (χ1v) is 9.93. The molecule has 6 nitrogen and oxygen atoms in total. The second-order valence-corrected chi connectivity index (χ2v) is 7.49. The van der Waals surface area contributed by atoms with Crippen molar-refractivity contribution < 1.29 is 4.42 Å². The molecule has 0 amide bonds. The first-order valence-electron chi connectivity index (χ1n) is 9.93. The minimum absolute atomic E-state index is 0.342. The predicted octanol–water partition coefficient (Wildman–Crippen LogP) is 4.65. The lowest BCUT2D eigenvalue weighted by molar-refractivity contribution is 0.489. The Balaban J connectivity index is 1.58. The van der Waals surface area contributed by atoms with Gasteiger partial charge in [-0.15, -0.1) is 0 Å². The minimum Gasteiger partial charge on any atom is -0.408 e. The Morgan fingerprint density at radius 3 is 2.43 bits per heavy atom. The second-order valence-electron chi connectivity index (χ2n) is 7.49. The summed E-state index contributed by atoms with van der Waals surface area (Å²) in [5.74, 6) is -0.342. The van der Waals surface area contributed by atoms with Gasteiger partial charge >= 0.3 is 5.76 Å². The molecule has 0 radical (unpaired) electrons. The van der Waals surface area contributed by atoms with E-state index in [-0.39, 0.29) is 5.76 Å². The van der Waals surface area contributed by atoms with Crippen LogP contribution in [-0.4, -0.2) is 19.1 Å². The summed E-state index contributed by atoms with van der Waals surface area (Å²) in [5.41, 5.74) is 7.11. The van der Waals surface area contributed by atoms with E-state index < -0.39 is 0 Å². The van der Waals surface area contributed by atoms with Crippen LogP contribution in [0.15, 0.2) is 75.9 Å². The van der Waals surface area contributed by atoms with Crippen molar-refractivity contribution in [1.29, 1.82) is 0 Å². The minimum atomic E-state index is -0.342. The Bertz CT molecular complexity index is 1640. The van der Waals surface area contributed by atoms with Gasteiger partial charge in [0.2, 0.25) is 0 Å². The van der Waals surface area contributed by atoms with Crippen molar-refractivity contribution in [2.45, 2.75) is 20.0 Å². The number of fused-ring (bicyclic) bond motifs is 5. The number of oxazole rings is 1. The summed E-state index contributed by atoms with van der Waals surface area (Å²) in [4.78, 5) is 22.3. The summed E-state index contributed by atoms with van der Waals surface area (Å²) < 4.78 is 9.25. The van der Waals surface area contributed by atoms with E-state index in [0.29, 0.717) is 18.7 Å². The fourth-order valence-corrected chi connectivity index (χ4v) is 4.32. The van der Waals surface area contributed by atoms with Crippen molar-refractivity contribution in [1.82, 2.24) is 19.1 Å². The molecule has 3 aromatic heterocycles. The molecule has 3 aromatic carbocycles. The molecular formula is C24H18N4O2. The van der Waals surface area contributed by atoms with Crippen LogP contribution in [0.3, 0.4) is 0 Å². The molecule has 0 saturated carbocycles. The maximum Gasteiger partial charge on any atom is 0.420 e. The summed E-state index contributed by atoms with van der Waals surface area (Å²) in [5, 5.41) is 1.08. The van der Waals surface area contributed by atoms with Gasteiger partial charge in [-0.2, -0.15) is 0 Å². The summed E-state index contributed by atoms with van der Waals surface area (Å²) in [6.07, 6.45) is 0. The number of benzene rings is 3. The van der Waals surface area contributed by atoms with E-state index in [0.717, 1.165) is 44.2 Å². The Kier molecular flexibility index (Phi) is 3.56. The van der Waals surface area contributed by atoms with Gasteiger partial charge in [-0.1, -0.05) is 42.5 Å². The van der Waals surface area contributed by atoms with Crippen LogP contribution in [0.4, 0.5) is 0 Å². The van der Waals surface area contributed by atoms with Crippen molar-refractivity contribution in [2.24, 2.45) is 0 Å². The number of hydrogen-bond acceptors (Lipinski definition) is 4. The zero-order valence-electron chi connectivity index (χ0n) is 16.4. The third kappa shape index (κ3) is 2.40. The quantitative estimate of drug-likeness (QED) is 0.438. The maximum absolute atomic E-state index is 12.4. The molecule has 6 heteroatoms. The molecule has 0 spiro atoms. The van der Waals surface area contributed by atoms with E-state index in [1.54, 1.807) is 4.57 Å². The highest BCUT2D eigenvalue weighted by atomic mass is 16.4. The molecule has 0 atom stereocenters. The summed E-state index contributed by atoms with van der Waals surface area (Å²) in [7, 11) is 0. The van der Waals surface area contributed by atoms with E-state index >= 15 is 0 Å². The topological polar surface area (TPSA) is 65.8 Å². The lowest BCUT2D eigenvalue weighted by atomic mass is 10.1. The molecule has 0 fully saturated rings. The summed E-state index contributed by atoms with van der Waals surface area (Å²) >= 11 is 0. The van der Waals surface area contributed by atoms with Crippen molar-refractivity contribution >= 4 is 44.2 Å². The van der Waals surface area contributed by atoms with Crippen LogP contribution < -0.4 is 5.76 Å². The number of aromatic nitrogens is 4. The molecule has 0 aliphatic rings. The van der Waals surface area contributed by atoms with Crippen molar-refractivity contribution in [3.63, 3.8) is 0 Å². The molecular weight excluding hydrogens is 376 g/mol. The number of nitrogens with zero attached hydrogens (tertiary/aromatic N) is 4. The largest absolute Gasteiger partial charge is 0.420 e. The maximum atomic E-state index is 12.4. The van der Waals surface area contributed by atoms with Gasteiger partial charge in [-0.3, -0.25) is 4.57 Å². The van der Waals surface area contributed by atoms with Gasteiger partial charge in [-0.25, -0.2) is 14.8 Å². The Hall–Kier alpha value is -3.93. The molecule has 146 valence electrons. The summed E-state index contributed by atoms with van der Waals surface area (Å²) in [6.45, 7) is 3.16. The zero-order chi connectivity index (χ0) is 20.2. The van der Waals surface area contributed by atoms with Gasteiger partial charge in [0.15, 0.2) is 11.2 Å². The van der Waals surface area contributed by atoms with Crippen LogP contribution in [0.1, 0.15) is 5.56 Å². The van der Waals surface area contributed by atoms with Crippen molar-refractivity contribution in [3.05, 3.63) is 82.8 Å². The van der Waals surface area contributed by atoms with E-state index in [2.05, 4.69) is 23.6 Å². The molecule has 3 heterocycles. The normalized spacial score (nSPS) is 11.9. The van der Waals surface area contributed by atoms with Gasteiger partial charge in [0.25, 0.3) is 0 Å². The molecule has 0 saturated heterocycles. The number of aryl methyl sites for hydroxylation is 3. The lowest BCUT2D eigenvalue weighted by Crippen LogP contribution is -2.18. The van der Waals surface area contributed by atoms with Crippen LogP contribution in [0.2, 0.25) is 0 Å². The van der Waals surface area contributed by atoms with E-state index in [1.165, 1.54) is 0 Å². The monoisotopic (exact) mass is 394 g/mol. The molecule has 0 aliphatic heterocycles. The Labute approximate surface area is 171 Å². The molecule has 0 bridgehead atoms. The highest BCUT2D eigenvalue weighted by molar-refractivity contribution is 6.07. The van der Waals surface area contributed by atoms with Crippen molar-refractivity contribution in [2.75, 3.05) is 0 Å². The summed E-state index contributed by atoms with van der Waals surface area (Å²) in [6, 6.07) is 21.6. The second kappa shape index (κ2) is 6.29. The van der Waals surface area contributed by atoms with Crippen LogP contribution >= 0.6 is 0 Å². The van der Waals surface area contributed by atoms with Crippen LogP contribution in [-0.2, 0) is 13.1 Å². The average Bonchev–Trinajstić information content (AvgIpc) is 3.25. The van der Waals surface area contributed by atoms with Gasteiger partial charge in [-0.05, 0) is 36.8 Å². The van der Waals surface area contributed by atoms with Crippen molar-refractivity contribution in [3.8, 4) is 0 Å². The highest BCUT2D eigenvalue weighted by Crippen LogP contribution is 2.30.